The Morgan fingerprint density at radius 3 is 2.59 bits per heavy atom. The summed E-state index contributed by atoms with van der Waals surface area (Å²) in [5.41, 5.74) is 3.28. The number of ether oxygens (including phenoxy) is 1. The van der Waals surface area contributed by atoms with Crippen LogP contribution >= 0.6 is 0 Å². The molecule has 0 aliphatic carbocycles. The van der Waals surface area contributed by atoms with Crippen LogP contribution in [-0.4, -0.2) is 17.3 Å². The van der Waals surface area contributed by atoms with Crippen molar-refractivity contribution in [2.24, 2.45) is 5.84 Å². The van der Waals surface area contributed by atoms with Gasteiger partial charge in [-0.3, -0.25) is 5.43 Å². The quantitative estimate of drug-likeness (QED) is 0.614. The van der Waals surface area contributed by atoms with E-state index in [-0.39, 0.29) is 6.01 Å². The van der Waals surface area contributed by atoms with Gasteiger partial charge >= 0.3 is 6.01 Å². The van der Waals surface area contributed by atoms with E-state index >= 15 is 0 Å². The molecule has 0 spiro atoms. The highest BCUT2D eigenvalue weighted by atomic mass is 16.5. The van der Waals surface area contributed by atoms with Gasteiger partial charge in [0.2, 0.25) is 5.89 Å². The number of nitrogen functional groups attached to an aromatic ring is 1. The van der Waals surface area contributed by atoms with E-state index in [2.05, 4.69) is 15.6 Å². The van der Waals surface area contributed by atoms with Crippen molar-refractivity contribution in [2.45, 2.75) is 0 Å². The van der Waals surface area contributed by atoms with E-state index in [4.69, 9.17) is 15.0 Å². The highest BCUT2D eigenvalue weighted by molar-refractivity contribution is 5.66. The van der Waals surface area contributed by atoms with E-state index in [1.165, 1.54) is 0 Å². The molecule has 0 aliphatic heterocycles. The van der Waals surface area contributed by atoms with Crippen LogP contribution < -0.4 is 16.0 Å². The zero-order valence-corrected chi connectivity index (χ0v) is 9.25. The number of nitrogens with two attached hydrogens (primary N) is 1. The molecule has 1 aromatic carbocycles. The molecule has 3 N–H and O–H groups in total. The molecule has 6 heteroatoms. The molecule has 0 unspecified atom stereocenters. The third kappa shape index (κ3) is 2.82. The third-order valence-corrected chi connectivity index (χ3v) is 2.10. The molecule has 1 heterocycles. The number of methoxy groups -OCH3 is 1. The monoisotopic (exact) mass is 232 g/mol. The van der Waals surface area contributed by atoms with E-state index in [0.717, 1.165) is 11.3 Å². The molecule has 0 aliphatic rings. The van der Waals surface area contributed by atoms with Crippen LogP contribution in [0.2, 0.25) is 0 Å². The molecule has 0 saturated heterocycles. The van der Waals surface area contributed by atoms with Crippen molar-refractivity contribution < 1.29 is 9.15 Å². The van der Waals surface area contributed by atoms with Gasteiger partial charge in [-0.1, -0.05) is 17.2 Å². The fourth-order valence-electron chi connectivity index (χ4n) is 1.24. The zero-order valence-electron chi connectivity index (χ0n) is 9.25. The minimum absolute atomic E-state index is 0.180. The van der Waals surface area contributed by atoms with Gasteiger partial charge in [0.05, 0.1) is 7.11 Å². The molecule has 6 nitrogen and oxygen atoms in total. The fourth-order valence-corrected chi connectivity index (χ4v) is 1.24. The summed E-state index contributed by atoms with van der Waals surface area (Å²) < 4.78 is 10.2. The lowest BCUT2D eigenvalue weighted by molar-refractivity contribution is 0.415. The highest BCUT2D eigenvalue weighted by Crippen LogP contribution is 2.14. The molecule has 2 aromatic rings. The summed E-state index contributed by atoms with van der Waals surface area (Å²) in [6.07, 6.45) is 3.56. The van der Waals surface area contributed by atoms with Crippen LogP contribution in [0.5, 0.6) is 5.75 Å². The van der Waals surface area contributed by atoms with Gasteiger partial charge in [0.25, 0.3) is 0 Å². The summed E-state index contributed by atoms with van der Waals surface area (Å²) in [6, 6.07) is 7.78. The minimum Gasteiger partial charge on any atom is -0.497 e. The Hall–Kier alpha value is -2.34. The summed E-state index contributed by atoms with van der Waals surface area (Å²) >= 11 is 0. The van der Waals surface area contributed by atoms with Gasteiger partial charge < -0.3 is 9.15 Å². The maximum Gasteiger partial charge on any atom is 0.330 e. The number of nitrogens with zero attached hydrogens (tertiary/aromatic N) is 2. The number of anilines is 1. The van der Waals surface area contributed by atoms with Gasteiger partial charge in [-0.25, -0.2) is 5.84 Å². The number of nitrogens with one attached hydrogen (secondary N) is 1. The Morgan fingerprint density at radius 2 is 2.00 bits per heavy atom. The lowest BCUT2D eigenvalue weighted by Gasteiger charge is -1.98. The second-order valence-corrected chi connectivity index (χ2v) is 3.20. The molecular weight excluding hydrogens is 220 g/mol. The van der Waals surface area contributed by atoms with Gasteiger partial charge in [0.1, 0.15) is 5.75 Å². The molecular formula is C11H12N4O2. The number of hydrogen-bond acceptors (Lipinski definition) is 6. The molecule has 0 radical (unpaired) electrons. The Morgan fingerprint density at radius 1 is 1.24 bits per heavy atom. The minimum atomic E-state index is 0.180. The van der Waals surface area contributed by atoms with Crippen LogP contribution in [0.15, 0.2) is 28.7 Å². The highest BCUT2D eigenvalue weighted by Gasteiger charge is 1.99. The standard InChI is InChI=1S/C11H12N4O2/c1-16-9-5-2-8(3-6-9)4-7-10-14-15-11(13-12)17-10/h2-7H,12H2,1H3,(H,13,15)/b7-4+. The number of aromatic nitrogens is 2. The van der Waals surface area contributed by atoms with E-state index in [1.54, 1.807) is 13.2 Å². The molecule has 0 fully saturated rings. The smallest absolute Gasteiger partial charge is 0.330 e. The summed E-state index contributed by atoms with van der Waals surface area (Å²) in [7, 11) is 1.63. The van der Waals surface area contributed by atoms with Crippen LogP contribution in [-0.2, 0) is 0 Å². The van der Waals surface area contributed by atoms with Gasteiger partial charge in [0, 0.05) is 6.08 Å². The van der Waals surface area contributed by atoms with Crippen molar-refractivity contribution in [3.8, 4) is 5.75 Å². The van der Waals surface area contributed by atoms with Crippen molar-refractivity contribution in [3.05, 3.63) is 35.7 Å². The van der Waals surface area contributed by atoms with Gasteiger partial charge in [-0.05, 0) is 23.8 Å². The summed E-state index contributed by atoms with van der Waals surface area (Å²) in [6.45, 7) is 0. The molecule has 2 rings (SSSR count). The number of benzene rings is 1. The predicted octanol–water partition coefficient (Wildman–Crippen LogP) is 1.53. The fraction of sp³-hybridized carbons (Fsp3) is 0.0909. The summed E-state index contributed by atoms with van der Waals surface area (Å²) in [4.78, 5) is 0. The normalized spacial score (nSPS) is 10.7. The molecule has 0 bridgehead atoms. The van der Waals surface area contributed by atoms with Gasteiger partial charge in [-0.15, -0.1) is 5.10 Å². The molecule has 0 amide bonds. The van der Waals surface area contributed by atoms with Crippen LogP contribution in [0.1, 0.15) is 11.5 Å². The van der Waals surface area contributed by atoms with Crippen molar-refractivity contribution in [1.29, 1.82) is 0 Å². The molecule has 1 aromatic heterocycles. The Kier molecular flexibility index (Phi) is 3.37. The van der Waals surface area contributed by atoms with Gasteiger partial charge in [0.15, 0.2) is 0 Å². The molecule has 88 valence electrons. The molecule has 17 heavy (non-hydrogen) atoms. The first kappa shape index (κ1) is 11.2. The predicted molar refractivity (Wildman–Crippen MR) is 64.0 cm³/mol. The first-order valence-electron chi connectivity index (χ1n) is 4.94. The van der Waals surface area contributed by atoms with Crippen LogP contribution in [0.25, 0.3) is 12.2 Å². The Balaban J connectivity index is 2.08. The number of rotatable bonds is 4. The van der Waals surface area contributed by atoms with Gasteiger partial charge in [-0.2, -0.15) is 0 Å². The van der Waals surface area contributed by atoms with E-state index < -0.39 is 0 Å². The molecule has 0 atom stereocenters. The first-order valence-corrected chi connectivity index (χ1v) is 4.94. The first-order chi connectivity index (χ1) is 8.31. The van der Waals surface area contributed by atoms with Crippen molar-refractivity contribution in [2.75, 3.05) is 12.5 Å². The van der Waals surface area contributed by atoms with Crippen LogP contribution in [0, 0.1) is 0 Å². The Labute approximate surface area is 98.1 Å². The summed E-state index contributed by atoms with van der Waals surface area (Å²) in [5, 5.41) is 7.42. The van der Waals surface area contributed by atoms with E-state index in [0.29, 0.717) is 5.89 Å². The van der Waals surface area contributed by atoms with Crippen LogP contribution in [0.3, 0.4) is 0 Å². The zero-order chi connectivity index (χ0) is 12.1. The lowest BCUT2D eigenvalue weighted by atomic mass is 10.2. The average molecular weight is 232 g/mol. The largest absolute Gasteiger partial charge is 0.497 e. The third-order valence-electron chi connectivity index (χ3n) is 2.10. The van der Waals surface area contributed by atoms with Crippen molar-refractivity contribution in [3.63, 3.8) is 0 Å². The van der Waals surface area contributed by atoms with Crippen LogP contribution in [0.4, 0.5) is 6.01 Å². The second kappa shape index (κ2) is 5.13. The lowest BCUT2D eigenvalue weighted by Crippen LogP contribution is -2.06. The average Bonchev–Trinajstić information content (AvgIpc) is 2.85. The van der Waals surface area contributed by atoms with Crippen molar-refractivity contribution in [1.82, 2.24) is 10.2 Å². The van der Waals surface area contributed by atoms with E-state index in [9.17, 15) is 0 Å². The SMILES string of the molecule is COc1ccc(/C=C/c2nnc(NN)o2)cc1. The second-order valence-electron chi connectivity index (χ2n) is 3.20. The number of hydrazine groups is 1. The van der Waals surface area contributed by atoms with Crippen molar-refractivity contribution >= 4 is 18.2 Å². The molecule has 0 saturated carbocycles. The maximum absolute atomic E-state index is 5.13. The Bertz CT molecular complexity index is 504. The summed E-state index contributed by atoms with van der Waals surface area (Å²) in [5.74, 6) is 6.32. The maximum atomic E-state index is 5.13. The topological polar surface area (TPSA) is 86.2 Å². The number of hydrogen-bond donors (Lipinski definition) is 2. The van der Waals surface area contributed by atoms with E-state index in [1.807, 2.05) is 30.3 Å².